The van der Waals surface area contributed by atoms with Gasteiger partial charge in [0, 0.05) is 20.1 Å². The van der Waals surface area contributed by atoms with Crippen LogP contribution in [0.5, 0.6) is 0 Å². The van der Waals surface area contributed by atoms with E-state index in [2.05, 4.69) is 4.72 Å². The highest BCUT2D eigenvalue weighted by Crippen LogP contribution is 1.77. The topological polar surface area (TPSA) is 73.2 Å². The lowest BCUT2D eigenvalue weighted by atomic mass is 10.6. The Balaban J connectivity index is 3.53. The molecule has 0 amide bonds. The minimum Gasteiger partial charge on any atom is -0.312 e. The quantitative estimate of drug-likeness (QED) is 0.439. The van der Waals surface area contributed by atoms with Crippen LogP contribution in [0.3, 0.4) is 0 Å². The highest BCUT2D eigenvalue weighted by atomic mass is 32.2. The fourth-order valence-electron chi connectivity index (χ4n) is 0.449. The normalized spacial score (nSPS) is 10.6. The molecule has 0 saturated carbocycles. The Morgan fingerprint density at radius 2 is 2.18 bits per heavy atom. The van der Waals surface area contributed by atoms with Gasteiger partial charge in [-0.1, -0.05) is 0 Å². The van der Waals surface area contributed by atoms with Crippen molar-refractivity contribution < 1.29 is 8.42 Å². The Kier molecular flexibility index (Phi) is 3.85. The largest absolute Gasteiger partial charge is 0.312 e. The van der Waals surface area contributed by atoms with Gasteiger partial charge >= 0.3 is 0 Å². The summed E-state index contributed by atoms with van der Waals surface area (Å²) >= 11 is 0. The van der Waals surface area contributed by atoms with Gasteiger partial charge in [-0.25, -0.2) is 13.1 Å². The van der Waals surface area contributed by atoms with Crippen molar-refractivity contribution in [2.75, 3.05) is 26.4 Å². The van der Waals surface area contributed by atoms with Gasteiger partial charge in [0.05, 0.1) is 6.26 Å². The molecule has 0 aromatic heterocycles. The van der Waals surface area contributed by atoms with E-state index in [0.29, 0.717) is 6.54 Å². The van der Waals surface area contributed by atoms with Crippen molar-refractivity contribution in [1.82, 2.24) is 9.62 Å². The number of likely N-dealkylation sites (N-methyl/N-ethyl adjacent to an activating group) is 1. The molecule has 0 aliphatic carbocycles. The molecule has 1 N–H and O–H groups in total. The number of nitriles is 1. The lowest BCUT2D eigenvalue weighted by Gasteiger charge is -2.07. The van der Waals surface area contributed by atoms with E-state index in [9.17, 15) is 8.42 Å². The number of nitrogens with zero attached hydrogens (tertiary/aromatic N) is 2. The first-order chi connectivity index (χ1) is 4.95. The predicted molar refractivity (Wildman–Crippen MR) is 41.1 cm³/mol. The molecule has 0 fully saturated rings. The van der Waals surface area contributed by atoms with Crippen LogP contribution < -0.4 is 4.72 Å². The number of nitrogens with one attached hydrogen (secondary N) is 1. The van der Waals surface area contributed by atoms with E-state index in [4.69, 9.17) is 5.26 Å². The summed E-state index contributed by atoms with van der Waals surface area (Å²) in [5.74, 6) is 0. The first kappa shape index (κ1) is 10.2. The first-order valence-electron chi connectivity index (χ1n) is 3.01. The number of hydrogen-bond donors (Lipinski definition) is 1. The molecule has 0 aliphatic heterocycles. The average Bonchev–Trinajstić information content (AvgIpc) is 1.85. The molecule has 0 aliphatic rings. The smallest absolute Gasteiger partial charge is 0.208 e. The van der Waals surface area contributed by atoms with Gasteiger partial charge in [0.25, 0.3) is 0 Å². The fraction of sp³-hybridized carbons (Fsp3) is 0.800. The zero-order chi connectivity index (χ0) is 8.91. The van der Waals surface area contributed by atoms with Gasteiger partial charge in [0.1, 0.15) is 0 Å². The van der Waals surface area contributed by atoms with E-state index in [1.807, 2.05) is 6.19 Å². The van der Waals surface area contributed by atoms with Crippen LogP contribution >= 0.6 is 0 Å². The van der Waals surface area contributed by atoms with Crippen LogP contribution in [0, 0.1) is 11.5 Å². The zero-order valence-electron chi connectivity index (χ0n) is 6.53. The van der Waals surface area contributed by atoms with Crippen LogP contribution in [0.2, 0.25) is 0 Å². The van der Waals surface area contributed by atoms with Crippen LogP contribution in [-0.2, 0) is 10.0 Å². The van der Waals surface area contributed by atoms with Crippen molar-refractivity contribution in [3.8, 4) is 6.19 Å². The van der Waals surface area contributed by atoms with Crippen LogP contribution in [0.15, 0.2) is 0 Å². The summed E-state index contributed by atoms with van der Waals surface area (Å²) in [6.45, 7) is 0.659. The van der Waals surface area contributed by atoms with Crippen molar-refractivity contribution in [2.45, 2.75) is 0 Å². The van der Waals surface area contributed by atoms with E-state index in [1.54, 1.807) is 7.05 Å². The molecule has 0 atom stereocenters. The maximum absolute atomic E-state index is 10.5. The van der Waals surface area contributed by atoms with Crippen LogP contribution in [0.25, 0.3) is 0 Å². The molecule has 0 aromatic rings. The second-order valence-corrected chi connectivity index (χ2v) is 4.02. The Morgan fingerprint density at radius 1 is 1.64 bits per heavy atom. The summed E-state index contributed by atoms with van der Waals surface area (Å²) in [6.07, 6.45) is 2.93. The van der Waals surface area contributed by atoms with Gasteiger partial charge in [-0.3, -0.25) is 0 Å². The number of rotatable bonds is 4. The summed E-state index contributed by atoms with van der Waals surface area (Å²) in [5.41, 5.74) is 0. The van der Waals surface area contributed by atoms with Gasteiger partial charge in [0.2, 0.25) is 10.0 Å². The molecule has 0 unspecified atom stereocenters. The molecule has 0 spiro atoms. The van der Waals surface area contributed by atoms with Crippen molar-refractivity contribution in [3.05, 3.63) is 0 Å². The van der Waals surface area contributed by atoms with E-state index >= 15 is 0 Å². The lowest BCUT2D eigenvalue weighted by molar-refractivity contribution is 0.474. The van der Waals surface area contributed by atoms with Crippen molar-refractivity contribution in [1.29, 1.82) is 5.26 Å². The second-order valence-electron chi connectivity index (χ2n) is 2.19. The molecule has 0 heterocycles. The molecule has 0 radical (unpaired) electrons. The van der Waals surface area contributed by atoms with Gasteiger partial charge in [-0.2, -0.15) is 5.26 Å². The molecule has 6 heteroatoms. The average molecular weight is 177 g/mol. The molecular weight excluding hydrogens is 166 g/mol. The summed E-state index contributed by atoms with van der Waals surface area (Å²) in [7, 11) is -1.53. The van der Waals surface area contributed by atoms with E-state index in [0.717, 1.165) is 6.26 Å². The van der Waals surface area contributed by atoms with Crippen molar-refractivity contribution >= 4 is 10.0 Å². The maximum atomic E-state index is 10.5. The van der Waals surface area contributed by atoms with E-state index < -0.39 is 10.0 Å². The molecular formula is C5H11N3O2S. The highest BCUT2D eigenvalue weighted by Gasteiger charge is 1.99. The van der Waals surface area contributed by atoms with Gasteiger partial charge < -0.3 is 4.90 Å². The summed E-state index contributed by atoms with van der Waals surface area (Å²) < 4.78 is 23.2. The standard InChI is InChI=1S/C5H11N3O2S/c1-8(5-6)4-3-7-11(2,9)10/h7H,3-4H2,1-2H3. The SMILES string of the molecule is CN(C#N)CCNS(C)(=O)=O. The third-order valence-electron chi connectivity index (χ3n) is 0.982. The Hall–Kier alpha value is -0.800. The molecule has 0 rings (SSSR count). The Morgan fingerprint density at radius 3 is 2.55 bits per heavy atom. The second kappa shape index (κ2) is 4.16. The predicted octanol–water partition coefficient (Wildman–Crippen LogP) is -1.05. The van der Waals surface area contributed by atoms with Crippen LogP contribution in [-0.4, -0.2) is 39.7 Å². The third-order valence-corrected chi connectivity index (χ3v) is 1.71. The molecule has 64 valence electrons. The highest BCUT2D eigenvalue weighted by molar-refractivity contribution is 7.88. The number of hydrogen-bond acceptors (Lipinski definition) is 4. The summed E-state index contributed by atoms with van der Waals surface area (Å²) in [6, 6.07) is 0. The maximum Gasteiger partial charge on any atom is 0.208 e. The molecule has 0 bridgehead atoms. The summed E-state index contributed by atoms with van der Waals surface area (Å²) in [4.78, 5) is 1.35. The third kappa shape index (κ3) is 7.09. The summed E-state index contributed by atoms with van der Waals surface area (Å²) in [5, 5.41) is 8.26. The molecule has 0 saturated heterocycles. The monoisotopic (exact) mass is 177 g/mol. The molecule has 5 nitrogen and oxygen atoms in total. The van der Waals surface area contributed by atoms with E-state index in [1.165, 1.54) is 4.90 Å². The molecule has 0 aromatic carbocycles. The van der Waals surface area contributed by atoms with Crippen LogP contribution in [0.4, 0.5) is 0 Å². The van der Waals surface area contributed by atoms with Crippen molar-refractivity contribution in [2.24, 2.45) is 0 Å². The first-order valence-corrected chi connectivity index (χ1v) is 4.90. The Labute approximate surface area is 66.7 Å². The Bertz CT molecular complexity index is 241. The lowest BCUT2D eigenvalue weighted by Crippen LogP contribution is -2.30. The van der Waals surface area contributed by atoms with Gasteiger partial charge in [0.15, 0.2) is 6.19 Å². The van der Waals surface area contributed by atoms with Crippen molar-refractivity contribution in [3.63, 3.8) is 0 Å². The zero-order valence-corrected chi connectivity index (χ0v) is 7.35. The van der Waals surface area contributed by atoms with E-state index in [-0.39, 0.29) is 6.54 Å². The number of sulfonamides is 1. The van der Waals surface area contributed by atoms with Gasteiger partial charge in [-0.15, -0.1) is 0 Å². The fourth-order valence-corrected chi connectivity index (χ4v) is 0.911. The minimum atomic E-state index is -3.11. The van der Waals surface area contributed by atoms with Crippen LogP contribution in [0.1, 0.15) is 0 Å². The molecule has 11 heavy (non-hydrogen) atoms. The minimum absolute atomic E-state index is 0.267. The van der Waals surface area contributed by atoms with Gasteiger partial charge in [-0.05, 0) is 0 Å².